The summed E-state index contributed by atoms with van der Waals surface area (Å²) in [7, 11) is 1.56. The number of aromatic nitrogens is 4. The Kier molecular flexibility index (Phi) is 7.76. The van der Waals surface area contributed by atoms with Crippen LogP contribution in [0.15, 0.2) is 40.8 Å². The molecular formula is C24H30N6O5. The molecule has 1 saturated carbocycles. The van der Waals surface area contributed by atoms with Crippen LogP contribution in [0.1, 0.15) is 43.0 Å². The molecule has 0 aliphatic heterocycles. The molecule has 1 aliphatic carbocycles. The van der Waals surface area contributed by atoms with Gasteiger partial charge in [0.05, 0.1) is 13.7 Å². The van der Waals surface area contributed by atoms with Gasteiger partial charge >= 0.3 is 0 Å². The van der Waals surface area contributed by atoms with Crippen LogP contribution >= 0.6 is 0 Å². The Morgan fingerprint density at radius 2 is 1.97 bits per heavy atom. The number of furan rings is 1. The van der Waals surface area contributed by atoms with Crippen molar-refractivity contribution in [3.63, 3.8) is 0 Å². The van der Waals surface area contributed by atoms with Crippen molar-refractivity contribution in [1.82, 2.24) is 30.4 Å². The van der Waals surface area contributed by atoms with Gasteiger partial charge in [-0.25, -0.2) is 0 Å². The van der Waals surface area contributed by atoms with Crippen molar-refractivity contribution in [2.24, 2.45) is 0 Å². The fraction of sp³-hybridized carbons (Fsp3) is 0.458. The number of aliphatic hydroxyl groups is 1. The minimum absolute atomic E-state index is 0.0352. The number of nitrogens with zero attached hydrogens (tertiary/aromatic N) is 5. The summed E-state index contributed by atoms with van der Waals surface area (Å²) < 4.78 is 10.7. The maximum atomic E-state index is 13.4. The van der Waals surface area contributed by atoms with E-state index < -0.39 is 11.9 Å². The molecule has 1 aromatic carbocycles. The van der Waals surface area contributed by atoms with Crippen LogP contribution in [0.4, 0.5) is 0 Å². The maximum absolute atomic E-state index is 13.4. The van der Waals surface area contributed by atoms with Crippen molar-refractivity contribution < 1.29 is 23.8 Å². The van der Waals surface area contributed by atoms with Crippen LogP contribution in [-0.2, 0) is 16.1 Å². The first-order valence-electron chi connectivity index (χ1n) is 11.7. The van der Waals surface area contributed by atoms with Gasteiger partial charge in [-0.05, 0) is 54.8 Å². The van der Waals surface area contributed by atoms with Crippen LogP contribution in [0.5, 0.6) is 5.75 Å². The van der Waals surface area contributed by atoms with Gasteiger partial charge in [0, 0.05) is 12.6 Å². The average Bonchev–Trinajstić information content (AvgIpc) is 3.62. The van der Waals surface area contributed by atoms with E-state index in [2.05, 4.69) is 20.7 Å². The van der Waals surface area contributed by atoms with Crippen LogP contribution < -0.4 is 10.1 Å². The first-order chi connectivity index (χ1) is 17.0. The third-order valence-corrected chi connectivity index (χ3v) is 6.04. The van der Waals surface area contributed by atoms with Gasteiger partial charge < -0.3 is 24.5 Å². The minimum Gasteiger partial charge on any atom is -0.497 e. The normalized spacial score (nSPS) is 14.6. The van der Waals surface area contributed by atoms with E-state index >= 15 is 0 Å². The van der Waals surface area contributed by atoms with E-state index in [0.29, 0.717) is 22.8 Å². The molecule has 11 heteroatoms. The zero-order chi connectivity index (χ0) is 24.8. The third kappa shape index (κ3) is 5.86. The molecule has 0 unspecified atom stereocenters. The molecular weight excluding hydrogens is 452 g/mol. The molecule has 0 bridgehead atoms. The molecule has 0 saturated heterocycles. The van der Waals surface area contributed by atoms with Crippen LogP contribution in [0.2, 0.25) is 0 Å². The van der Waals surface area contributed by atoms with Crippen LogP contribution in [0.3, 0.4) is 0 Å². The zero-order valence-corrected chi connectivity index (χ0v) is 19.9. The maximum Gasteiger partial charge on any atom is 0.247 e. The molecule has 0 spiro atoms. The van der Waals surface area contributed by atoms with Crippen LogP contribution in [-0.4, -0.2) is 68.3 Å². The summed E-state index contributed by atoms with van der Waals surface area (Å²) in [6, 6.07) is 9.63. The van der Waals surface area contributed by atoms with Crippen LogP contribution in [0.25, 0.3) is 11.6 Å². The molecule has 2 N–H and O–H groups in total. The SMILES string of the molecule is COc1ccc([C@@H](C(=O)NC2CCCC2)N(CCO)C(=O)Cn2nnc(-c3ccc(C)o3)n2)cc1. The number of ether oxygens (including phenoxy) is 1. The van der Waals surface area contributed by atoms with Crippen LogP contribution in [0, 0.1) is 6.92 Å². The molecule has 3 aromatic rings. The molecule has 4 rings (SSSR count). The van der Waals surface area contributed by atoms with Gasteiger partial charge in [-0.3, -0.25) is 9.59 Å². The van der Waals surface area contributed by atoms with E-state index in [4.69, 9.17) is 9.15 Å². The lowest BCUT2D eigenvalue weighted by Crippen LogP contribution is -2.48. The van der Waals surface area contributed by atoms with E-state index in [9.17, 15) is 14.7 Å². The van der Waals surface area contributed by atoms with Crippen molar-refractivity contribution in [1.29, 1.82) is 0 Å². The fourth-order valence-corrected chi connectivity index (χ4v) is 4.29. The summed E-state index contributed by atoms with van der Waals surface area (Å²) in [5.74, 6) is 1.32. The quantitative estimate of drug-likeness (QED) is 0.447. The van der Waals surface area contributed by atoms with E-state index in [1.54, 1.807) is 50.4 Å². The monoisotopic (exact) mass is 482 g/mol. The Balaban J connectivity index is 1.58. The highest BCUT2D eigenvalue weighted by atomic mass is 16.5. The number of aryl methyl sites for hydroxylation is 1. The predicted octanol–water partition coefficient (Wildman–Crippen LogP) is 1.87. The predicted molar refractivity (Wildman–Crippen MR) is 125 cm³/mol. The molecule has 35 heavy (non-hydrogen) atoms. The number of carbonyl (C=O) groups excluding carboxylic acids is 2. The summed E-state index contributed by atoms with van der Waals surface area (Å²) >= 11 is 0. The van der Waals surface area contributed by atoms with Gasteiger partial charge in [0.2, 0.25) is 17.6 Å². The Labute approximate surface area is 203 Å². The van der Waals surface area contributed by atoms with Crippen molar-refractivity contribution >= 4 is 11.8 Å². The van der Waals surface area contributed by atoms with Crippen molar-refractivity contribution in [2.75, 3.05) is 20.3 Å². The molecule has 0 radical (unpaired) electrons. The molecule has 11 nitrogen and oxygen atoms in total. The number of hydrogen-bond donors (Lipinski definition) is 2. The van der Waals surface area contributed by atoms with E-state index in [-0.39, 0.29) is 37.5 Å². The largest absolute Gasteiger partial charge is 0.497 e. The highest BCUT2D eigenvalue weighted by molar-refractivity contribution is 5.89. The summed E-state index contributed by atoms with van der Waals surface area (Å²) in [6.45, 7) is 1.21. The number of hydrogen-bond acceptors (Lipinski definition) is 8. The lowest BCUT2D eigenvalue weighted by Gasteiger charge is -2.31. The molecule has 2 amide bonds. The average molecular weight is 483 g/mol. The van der Waals surface area contributed by atoms with Crippen molar-refractivity contribution in [2.45, 2.75) is 51.2 Å². The Morgan fingerprint density at radius 3 is 2.60 bits per heavy atom. The summed E-state index contributed by atoms with van der Waals surface area (Å²) in [4.78, 5) is 29.3. The molecule has 1 aliphatic rings. The zero-order valence-electron chi connectivity index (χ0n) is 19.9. The van der Waals surface area contributed by atoms with Gasteiger partial charge in [-0.2, -0.15) is 4.80 Å². The van der Waals surface area contributed by atoms with Gasteiger partial charge in [0.15, 0.2) is 5.76 Å². The summed E-state index contributed by atoms with van der Waals surface area (Å²) in [5, 5.41) is 25.0. The summed E-state index contributed by atoms with van der Waals surface area (Å²) in [5.41, 5.74) is 0.612. The summed E-state index contributed by atoms with van der Waals surface area (Å²) in [6.07, 6.45) is 3.94. The molecule has 2 heterocycles. The molecule has 186 valence electrons. The Hall–Kier alpha value is -3.73. The molecule has 1 atom stereocenters. The topological polar surface area (TPSA) is 136 Å². The Morgan fingerprint density at radius 1 is 1.23 bits per heavy atom. The number of carbonyl (C=O) groups is 2. The standard InChI is InChI=1S/C24H30N6O5/c1-16-7-12-20(35-16)23-26-28-30(27-23)15-21(32)29(13-14-31)22(17-8-10-19(34-2)11-9-17)24(33)25-18-5-3-4-6-18/h7-12,18,22,31H,3-6,13-15H2,1-2H3,(H,25,33)/t22-/m0/s1. The van der Waals surface area contributed by atoms with Gasteiger partial charge in [0.1, 0.15) is 24.1 Å². The number of methoxy groups -OCH3 is 1. The highest BCUT2D eigenvalue weighted by Gasteiger charge is 2.33. The lowest BCUT2D eigenvalue weighted by molar-refractivity contribution is -0.142. The molecule has 1 fully saturated rings. The van der Waals surface area contributed by atoms with Gasteiger partial charge in [0.25, 0.3) is 0 Å². The number of nitrogens with one attached hydrogen (secondary N) is 1. The second kappa shape index (κ2) is 11.1. The second-order valence-corrected chi connectivity index (χ2v) is 8.53. The van der Waals surface area contributed by atoms with Gasteiger partial charge in [-0.1, -0.05) is 25.0 Å². The smallest absolute Gasteiger partial charge is 0.247 e. The third-order valence-electron chi connectivity index (χ3n) is 6.04. The number of aliphatic hydroxyl groups excluding tert-OH is 1. The van der Waals surface area contributed by atoms with E-state index in [1.807, 2.05) is 0 Å². The van der Waals surface area contributed by atoms with E-state index in [1.165, 1.54) is 4.90 Å². The number of amides is 2. The first-order valence-corrected chi connectivity index (χ1v) is 11.7. The van der Waals surface area contributed by atoms with Crippen molar-refractivity contribution in [3.05, 3.63) is 47.7 Å². The lowest BCUT2D eigenvalue weighted by atomic mass is 10.0. The van der Waals surface area contributed by atoms with E-state index in [0.717, 1.165) is 30.5 Å². The fourth-order valence-electron chi connectivity index (χ4n) is 4.29. The molecule has 2 aromatic heterocycles. The van der Waals surface area contributed by atoms with Crippen molar-refractivity contribution in [3.8, 4) is 17.3 Å². The number of tetrazole rings is 1. The first kappa shape index (κ1) is 24.4. The minimum atomic E-state index is -0.933. The van der Waals surface area contributed by atoms with Gasteiger partial charge in [-0.15, -0.1) is 10.2 Å². The number of rotatable bonds is 10. The highest BCUT2D eigenvalue weighted by Crippen LogP contribution is 2.26. The second-order valence-electron chi connectivity index (χ2n) is 8.53. The Bertz CT molecular complexity index is 1140. The number of benzene rings is 1.